The third kappa shape index (κ3) is 5.41. The number of hydrogen-bond donors (Lipinski definition) is 2. The topological polar surface area (TPSA) is 85.0 Å². The molecule has 8 bridgehead atoms. The smallest absolute Gasteiger partial charge is 0.0878 e. The largest absolute Gasteiger partial charge is 0.384 e. The monoisotopic (exact) mass is 510 g/mol. The zero-order valence-electron chi connectivity index (χ0n) is 22.3. The van der Waals surface area contributed by atoms with Gasteiger partial charge in [-0.05, 0) is 84.5 Å². The standard InChI is InChI=1S/C31H34N4O3/c1-5-20-16-28-29-17-21(10-13-36-2)26(33-29)8-9-27-23(12-15-38-4)19-31(35-27)30-18-22(11-14-37-3)25(34-30)7-6-24(20)32-28/h5-9,16-19,33,35H,1,10-15H2,2-4H3. The predicted molar refractivity (Wildman–Crippen MR) is 155 cm³/mol. The first-order valence-electron chi connectivity index (χ1n) is 12.9. The van der Waals surface area contributed by atoms with E-state index in [-0.39, 0.29) is 0 Å². The molecule has 0 aliphatic carbocycles. The molecule has 0 aromatic carbocycles. The molecule has 0 spiro atoms. The summed E-state index contributed by atoms with van der Waals surface area (Å²) in [5.74, 6) is 0. The van der Waals surface area contributed by atoms with Gasteiger partial charge in [-0.1, -0.05) is 12.7 Å². The minimum absolute atomic E-state index is 0.626. The van der Waals surface area contributed by atoms with E-state index in [0.29, 0.717) is 19.8 Å². The average molecular weight is 511 g/mol. The molecular formula is C31H34N4O3. The number of methoxy groups -OCH3 is 3. The Morgan fingerprint density at radius 3 is 1.79 bits per heavy atom. The van der Waals surface area contributed by atoms with E-state index in [4.69, 9.17) is 24.2 Å². The normalized spacial score (nSPS) is 12.9. The van der Waals surface area contributed by atoms with Gasteiger partial charge in [0.15, 0.2) is 0 Å². The zero-order valence-corrected chi connectivity index (χ0v) is 22.3. The molecule has 0 atom stereocenters. The Kier molecular flexibility index (Phi) is 7.98. The van der Waals surface area contributed by atoms with Crippen molar-refractivity contribution < 1.29 is 14.2 Å². The van der Waals surface area contributed by atoms with Crippen molar-refractivity contribution in [2.45, 2.75) is 19.3 Å². The van der Waals surface area contributed by atoms with Crippen LogP contribution in [0.1, 0.15) is 40.3 Å². The summed E-state index contributed by atoms with van der Waals surface area (Å²) in [5.41, 5.74) is 12.1. The average Bonchev–Trinajstić information content (AvgIpc) is 3.70. The Morgan fingerprint density at radius 2 is 1.21 bits per heavy atom. The Hall–Kier alpha value is -3.78. The van der Waals surface area contributed by atoms with Gasteiger partial charge in [0.25, 0.3) is 0 Å². The molecule has 0 fully saturated rings. The maximum atomic E-state index is 5.39. The lowest BCUT2D eigenvalue weighted by atomic mass is 10.1. The molecule has 5 rings (SSSR count). The maximum Gasteiger partial charge on any atom is 0.0878 e. The summed E-state index contributed by atoms with van der Waals surface area (Å²) >= 11 is 0. The van der Waals surface area contributed by atoms with E-state index in [1.165, 1.54) is 11.1 Å². The number of rotatable bonds is 10. The van der Waals surface area contributed by atoms with E-state index >= 15 is 0 Å². The van der Waals surface area contributed by atoms with Gasteiger partial charge in [-0.25, -0.2) is 9.97 Å². The van der Waals surface area contributed by atoms with Crippen LogP contribution < -0.4 is 0 Å². The summed E-state index contributed by atoms with van der Waals surface area (Å²) in [7, 11) is 5.18. The second kappa shape index (κ2) is 11.7. The summed E-state index contributed by atoms with van der Waals surface area (Å²) in [6, 6.07) is 12.7. The second-order valence-corrected chi connectivity index (χ2v) is 9.38. The first-order valence-corrected chi connectivity index (χ1v) is 12.9. The van der Waals surface area contributed by atoms with E-state index in [1.807, 2.05) is 18.2 Å². The molecule has 5 heterocycles. The molecular weight excluding hydrogens is 476 g/mol. The highest BCUT2D eigenvalue weighted by atomic mass is 16.5. The van der Waals surface area contributed by atoms with Crippen LogP contribution in [0.25, 0.3) is 45.4 Å². The van der Waals surface area contributed by atoms with Gasteiger partial charge < -0.3 is 24.2 Å². The lowest BCUT2D eigenvalue weighted by Gasteiger charge is -2.00. The number of aromatic nitrogens is 4. The molecule has 0 unspecified atom stereocenters. The fourth-order valence-electron chi connectivity index (χ4n) is 4.81. The molecule has 2 aliphatic rings. The number of ether oxygens (including phenoxy) is 3. The Bertz CT molecular complexity index is 1560. The van der Waals surface area contributed by atoms with Crippen molar-refractivity contribution in [1.82, 2.24) is 19.9 Å². The number of nitrogens with one attached hydrogen (secondary N) is 2. The number of H-pyrrole nitrogens is 2. The molecule has 2 aliphatic heterocycles. The van der Waals surface area contributed by atoms with Gasteiger partial charge >= 0.3 is 0 Å². The minimum atomic E-state index is 0.626. The van der Waals surface area contributed by atoms with Gasteiger partial charge in [0.1, 0.15) is 0 Å². The molecule has 0 saturated carbocycles. The Labute approximate surface area is 222 Å². The van der Waals surface area contributed by atoms with E-state index in [0.717, 1.165) is 75.3 Å². The van der Waals surface area contributed by atoms with Crippen LogP contribution in [0.4, 0.5) is 0 Å². The molecule has 0 amide bonds. The molecule has 2 N–H and O–H groups in total. The van der Waals surface area contributed by atoms with Gasteiger partial charge in [-0.3, -0.25) is 0 Å². The van der Waals surface area contributed by atoms with Crippen LogP contribution in [0.3, 0.4) is 0 Å². The number of fused-ring (bicyclic) bond motifs is 10. The van der Waals surface area contributed by atoms with Gasteiger partial charge in [-0.2, -0.15) is 0 Å². The van der Waals surface area contributed by atoms with Gasteiger partial charge in [-0.15, -0.1) is 0 Å². The SMILES string of the molecule is C=CC1=Cc2nc1ccc1nc(c3cc(CCOC)c(ccc4[nH]c2cc4CCOC)[nH]3)C=C1CCOC. The van der Waals surface area contributed by atoms with E-state index < -0.39 is 0 Å². The fraction of sp³-hybridized carbons (Fsp3) is 0.290. The molecule has 196 valence electrons. The number of nitrogens with zero attached hydrogens (tertiary/aromatic N) is 2. The van der Waals surface area contributed by atoms with Crippen molar-refractivity contribution in [2.75, 3.05) is 41.2 Å². The van der Waals surface area contributed by atoms with Crippen LogP contribution in [0.2, 0.25) is 0 Å². The van der Waals surface area contributed by atoms with Crippen LogP contribution in [0, 0.1) is 0 Å². The van der Waals surface area contributed by atoms with Crippen LogP contribution >= 0.6 is 0 Å². The molecule has 7 nitrogen and oxygen atoms in total. The predicted octanol–water partition coefficient (Wildman–Crippen LogP) is 6.00. The second-order valence-electron chi connectivity index (χ2n) is 9.38. The van der Waals surface area contributed by atoms with Crippen molar-refractivity contribution in [2.24, 2.45) is 0 Å². The lowest BCUT2D eigenvalue weighted by Crippen LogP contribution is -1.93. The Balaban J connectivity index is 1.80. The summed E-state index contributed by atoms with van der Waals surface area (Å²) in [4.78, 5) is 17.1. The molecule has 3 aromatic heterocycles. The number of hydrogen-bond acceptors (Lipinski definition) is 5. The molecule has 3 aromatic rings. The maximum absolute atomic E-state index is 5.39. The quantitative estimate of drug-likeness (QED) is 0.350. The van der Waals surface area contributed by atoms with Crippen LogP contribution in [-0.2, 0) is 27.1 Å². The highest BCUT2D eigenvalue weighted by Crippen LogP contribution is 2.29. The highest BCUT2D eigenvalue weighted by Gasteiger charge is 2.15. The third-order valence-electron chi connectivity index (χ3n) is 6.89. The number of aromatic amines is 2. The Morgan fingerprint density at radius 1 is 0.684 bits per heavy atom. The first kappa shape index (κ1) is 25.9. The van der Waals surface area contributed by atoms with Crippen molar-refractivity contribution in [3.63, 3.8) is 0 Å². The van der Waals surface area contributed by atoms with Crippen molar-refractivity contribution >= 4 is 45.4 Å². The summed E-state index contributed by atoms with van der Waals surface area (Å²) in [5, 5.41) is 0. The van der Waals surface area contributed by atoms with Gasteiger partial charge in [0.2, 0.25) is 0 Å². The highest BCUT2D eigenvalue weighted by molar-refractivity contribution is 5.93. The number of allylic oxidation sites excluding steroid dienone is 2. The van der Waals surface area contributed by atoms with Gasteiger partial charge in [0, 0.05) is 37.9 Å². The molecule has 0 radical (unpaired) electrons. The third-order valence-corrected chi connectivity index (χ3v) is 6.89. The van der Waals surface area contributed by atoms with Crippen molar-refractivity contribution in [3.8, 4) is 0 Å². The first-order chi connectivity index (χ1) is 18.6. The van der Waals surface area contributed by atoms with Crippen LogP contribution in [-0.4, -0.2) is 61.1 Å². The molecule has 0 saturated heterocycles. The summed E-state index contributed by atoms with van der Waals surface area (Å²) in [6.07, 6.45) is 8.43. The van der Waals surface area contributed by atoms with Crippen molar-refractivity contribution in [1.29, 1.82) is 0 Å². The summed E-state index contributed by atoms with van der Waals surface area (Å²) < 4.78 is 16.1. The molecule has 38 heavy (non-hydrogen) atoms. The van der Waals surface area contributed by atoms with Crippen molar-refractivity contribution in [3.05, 3.63) is 83.0 Å². The van der Waals surface area contributed by atoms with E-state index in [1.54, 1.807) is 21.3 Å². The van der Waals surface area contributed by atoms with Gasteiger partial charge in [0.05, 0.1) is 53.6 Å². The minimum Gasteiger partial charge on any atom is -0.384 e. The molecule has 7 heteroatoms. The summed E-state index contributed by atoms with van der Waals surface area (Å²) in [6.45, 7) is 5.92. The van der Waals surface area contributed by atoms with Crippen LogP contribution in [0.5, 0.6) is 0 Å². The van der Waals surface area contributed by atoms with E-state index in [9.17, 15) is 0 Å². The van der Waals surface area contributed by atoms with E-state index in [2.05, 4.69) is 53.0 Å². The fourth-order valence-corrected chi connectivity index (χ4v) is 4.81. The van der Waals surface area contributed by atoms with Crippen LogP contribution in [0.15, 0.2) is 49.1 Å². The lowest BCUT2D eigenvalue weighted by molar-refractivity contribution is 0.202. The zero-order chi connectivity index (χ0) is 26.5.